The van der Waals surface area contributed by atoms with Crippen molar-refractivity contribution in [3.63, 3.8) is 0 Å². The predicted molar refractivity (Wildman–Crippen MR) is 110 cm³/mol. The van der Waals surface area contributed by atoms with Crippen LogP contribution in [0.1, 0.15) is 27.2 Å². The minimum atomic E-state index is -0.150. The average molecular weight is 376 g/mol. The van der Waals surface area contributed by atoms with Crippen molar-refractivity contribution < 1.29 is 4.79 Å². The molecule has 3 aromatic heterocycles. The molecule has 1 N–H and O–H groups in total. The second kappa shape index (κ2) is 6.63. The Morgan fingerprint density at radius 1 is 1.15 bits per heavy atom. The van der Waals surface area contributed by atoms with E-state index < -0.39 is 0 Å². The van der Waals surface area contributed by atoms with E-state index in [0.29, 0.717) is 11.2 Å². The highest BCUT2D eigenvalue weighted by atomic mass is 32.1. The molecule has 136 valence electrons. The number of nitrogens with zero attached hydrogens (tertiary/aromatic N) is 3. The number of aryl methyl sites for hydroxylation is 4. The van der Waals surface area contributed by atoms with Crippen molar-refractivity contribution in [1.82, 2.24) is 14.8 Å². The lowest BCUT2D eigenvalue weighted by atomic mass is 10.1. The SMILES string of the molecule is Cc1ccc(NC(=O)c2cc(-c3cccs3)nc3c2c(C)nn3C)c(C)c1. The van der Waals surface area contributed by atoms with Crippen molar-refractivity contribution in [3.8, 4) is 10.6 Å². The zero-order chi connectivity index (χ0) is 19.1. The van der Waals surface area contributed by atoms with Crippen LogP contribution in [0.2, 0.25) is 0 Å². The molecule has 0 saturated carbocycles. The van der Waals surface area contributed by atoms with E-state index in [1.165, 1.54) is 5.56 Å². The lowest BCUT2D eigenvalue weighted by Gasteiger charge is -2.11. The summed E-state index contributed by atoms with van der Waals surface area (Å²) in [6, 6.07) is 11.9. The van der Waals surface area contributed by atoms with Gasteiger partial charge in [0.15, 0.2) is 5.65 Å². The largest absolute Gasteiger partial charge is 0.322 e. The standard InChI is InChI=1S/C21H20N4OS/c1-12-7-8-16(13(2)10-12)23-21(26)15-11-17(18-6-5-9-27-18)22-20-19(15)14(3)24-25(20)4/h5-11H,1-4H3,(H,23,26). The smallest absolute Gasteiger partial charge is 0.256 e. The van der Waals surface area contributed by atoms with E-state index in [4.69, 9.17) is 4.98 Å². The first-order chi connectivity index (χ1) is 12.9. The van der Waals surface area contributed by atoms with Crippen LogP contribution in [-0.4, -0.2) is 20.7 Å². The molecule has 0 unspecified atom stereocenters. The van der Waals surface area contributed by atoms with Crippen LogP contribution in [0.5, 0.6) is 0 Å². The predicted octanol–water partition coefficient (Wildman–Crippen LogP) is 4.87. The average Bonchev–Trinajstić information content (AvgIpc) is 3.26. The molecule has 4 rings (SSSR count). The number of hydrogen-bond acceptors (Lipinski definition) is 4. The molecule has 1 aromatic carbocycles. The number of carbonyl (C=O) groups is 1. The van der Waals surface area contributed by atoms with Crippen molar-refractivity contribution in [2.45, 2.75) is 20.8 Å². The number of carbonyl (C=O) groups excluding carboxylic acids is 1. The molecule has 0 aliphatic heterocycles. The summed E-state index contributed by atoms with van der Waals surface area (Å²) in [4.78, 5) is 18.9. The quantitative estimate of drug-likeness (QED) is 0.555. The number of thiophene rings is 1. The summed E-state index contributed by atoms with van der Waals surface area (Å²) in [7, 11) is 1.85. The Kier molecular flexibility index (Phi) is 4.28. The highest BCUT2D eigenvalue weighted by molar-refractivity contribution is 7.13. The number of fused-ring (bicyclic) bond motifs is 1. The van der Waals surface area contributed by atoms with Crippen LogP contribution >= 0.6 is 11.3 Å². The normalized spacial score (nSPS) is 11.1. The van der Waals surface area contributed by atoms with Gasteiger partial charge in [-0.2, -0.15) is 5.10 Å². The number of hydrogen-bond donors (Lipinski definition) is 1. The van der Waals surface area contributed by atoms with Crippen LogP contribution in [-0.2, 0) is 7.05 Å². The lowest BCUT2D eigenvalue weighted by Crippen LogP contribution is -2.14. The van der Waals surface area contributed by atoms with Gasteiger partial charge in [0, 0.05) is 12.7 Å². The van der Waals surface area contributed by atoms with Crippen molar-refractivity contribution in [1.29, 1.82) is 0 Å². The van der Waals surface area contributed by atoms with Crippen LogP contribution in [0.4, 0.5) is 5.69 Å². The van der Waals surface area contributed by atoms with E-state index in [1.54, 1.807) is 16.0 Å². The van der Waals surface area contributed by atoms with E-state index in [0.717, 1.165) is 32.9 Å². The first kappa shape index (κ1) is 17.4. The third kappa shape index (κ3) is 3.13. The van der Waals surface area contributed by atoms with E-state index >= 15 is 0 Å². The van der Waals surface area contributed by atoms with Crippen molar-refractivity contribution in [3.05, 3.63) is 64.2 Å². The Morgan fingerprint density at radius 3 is 2.67 bits per heavy atom. The van der Waals surface area contributed by atoms with Gasteiger partial charge in [0.2, 0.25) is 0 Å². The van der Waals surface area contributed by atoms with Gasteiger partial charge in [0.05, 0.1) is 27.2 Å². The van der Waals surface area contributed by atoms with E-state index in [1.807, 2.05) is 63.5 Å². The molecular formula is C21H20N4OS. The maximum Gasteiger partial charge on any atom is 0.256 e. The molecule has 5 nitrogen and oxygen atoms in total. The van der Waals surface area contributed by atoms with Gasteiger partial charge in [-0.3, -0.25) is 9.48 Å². The molecule has 3 heterocycles. The number of anilines is 1. The molecule has 0 spiro atoms. The van der Waals surface area contributed by atoms with E-state index in [9.17, 15) is 4.79 Å². The van der Waals surface area contributed by atoms with Gasteiger partial charge >= 0.3 is 0 Å². The molecule has 4 aromatic rings. The Labute approximate surface area is 161 Å². The number of nitrogens with one attached hydrogen (secondary N) is 1. The molecule has 0 atom stereocenters. The molecular weight excluding hydrogens is 356 g/mol. The van der Waals surface area contributed by atoms with Gasteiger partial charge in [-0.25, -0.2) is 4.98 Å². The number of rotatable bonds is 3. The van der Waals surface area contributed by atoms with Crippen molar-refractivity contribution in [2.24, 2.45) is 7.05 Å². The summed E-state index contributed by atoms with van der Waals surface area (Å²) in [5, 5.41) is 10.3. The van der Waals surface area contributed by atoms with Crippen LogP contribution in [0.15, 0.2) is 41.8 Å². The number of amides is 1. The number of benzene rings is 1. The zero-order valence-corrected chi connectivity index (χ0v) is 16.5. The van der Waals surface area contributed by atoms with Crippen molar-refractivity contribution in [2.75, 3.05) is 5.32 Å². The summed E-state index contributed by atoms with van der Waals surface area (Å²) in [6.07, 6.45) is 0. The van der Waals surface area contributed by atoms with Crippen LogP contribution in [0.25, 0.3) is 21.6 Å². The Bertz CT molecular complexity index is 1160. The van der Waals surface area contributed by atoms with Crippen LogP contribution in [0.3, 0.4) is 0 Å². The fraction of sp³-hybridized carbons (Fsp3) is 0.190. The molecule has 0 aliphatic carbocycles. The summed E-state index contributed by atoms with van der Waals surface area (Å²) in [5.41, 5.74) is 5.90. The summed E-state index contributed by atoms with van der Waals surface area (Å²) < 4.78 is 1.73. The summed E-state index contributed by atoms with van der Waals surface area (Å²) in [6.45, 7) is 5.94. The first-order valence-corrected chi connectivity index (χ1v) is 9.59. The topological polar surface area (TPSA) is 59.8 Å². The first-order valence-electron chi connectivity index (χ1n) is 8.71. The minimum Gasteiger partial charge on any atom is -0.322 e. The summed E-state index contributed by atoms with van der Waals surface area (Å²) in [5.74, 6) is -0.150. The monoisotopic (exact) mass is 376 g/mol. The Balaban J connectivity index is 1.85. The maximum atomic E-state index is 13.2. The van der Waals surface area contributed by atoms with Gasteiger partial charge < -0.3 is 5.32 Å². The molecule has 27 heavy (non-hydrogen) atoms. The fourth-order valence-corrected chi connectivity index (χ4v) is 4.00. The molecule has 0 bridgehead atoms. The third-order valence-electron chi connectivity index (χ3n) is 4.62. The summed E-state index contributed by atoms with van der Waals surface area (Å²) >= 11 is 1.60. The van der Waals surface area contributed by atoms with Gasteiger partial charge in [0.25, 0.3) is 5.91 Å². The highest BCUT2D eigenvalue weighted by Crippen LogP contribution is 2.30. The Morgan fingerprint density at radius 2 is 1.96 bits per heavy atom. The second-order valence-electron chi connectivity index (χ2n) is 6.71. The van der Waals surface area contributed by atoms with Gasteiger partial charge in [-0.05, 0) is 49.9 Å². The molecule has 6 heteroatoms. The highest BCUT2D eigenvalue weighted by Gasteiger charge is 2.20. The molecule has 0 fully saturated rings. The van der Waals surface area contributed by atoms with Crippen LogP contribution in [0, 0.1) is 20.8 Å². The molecule has 0 radical (unpaired) electrons. The van der Waals surface area contributed by atoms with E-state index in [-0.39, 0.29) is 5.91 Å². The lowest BCUT2D eigenvalue weighted by molar-refractivity contribution is 0.102. The zero-order valence-electron chi connectivity index (χ0n) is 15.7. The minimum absolute atomic E-state index is 0.150. The fourth-order valence-electron chi connectivity index (χ4n) is 3.32. The number of pyridine rings is 1. The second-order valence-corrected chi connectivity index (χ2v) is 7.66. The van der Waals surface area contributed by atoms with Gasteiger partial charge in [-0.1, -0.05) is 23.8 Å². The van der Waals surface area contributed by atoms with Gasteiger partial charge in [0.1, 0.15) is 0 Å². The van der Waals surface area contributed by atoms with Gasteiger partial charge in [-0.15, -0.1) is 11.3 Å². The van der Waals surface area contributed by atoms with E-state index in [2.05, 4.69) is 16.5 Å². The Hall–Kier alpha value is -2.99. The molecule has 0 saturated heterocycles. The molecule has 1 amide bonds. The number of aromatic nitrogens is 3. The third-order valence-corrected chi connectivity index (χ3v) is 5.51. The molecule has 0 aliphatic rings. The maximum absolute atomic E-state index is 13.2. The van der Waals surface area contributed by atoms with Crippen LogP contribution < -0.4 is 5.32 Å². The van der Waals surface area contributed by atoms with Crippen molar-refractivity contribution >= 4 is 34.0 Å².